The fraction of sp³-hybridized carbons (Fsp3) is 0.609. The van der Waals surface area contributed by atoms with Gasteiger partial charge in [-0.2, -0.15) is 0 Å². The summed E-state index contributed by atoms with van der Waals surface area (Å²) in [6.45, 7) is 13.1. The van der Waals surface area contributed by atoms with E-state index in [-0.39, 0.29) is 23.7 Å². The Hall–Kier alpha value is -2.37. The quantitative estimate of drug-likeness (QED) is 0.671. The van der Waals surface area contributed by atoms with Gasteiger partial charge in [0.2, 0.25) is 5.91 Å². The van der Waals surface area contributed by atoms with Gasteiger partial charge >= 0.3 is 5.97 Å². The fourth-order valence-electron chi connectivity index (χ4n) is 3.15. The predicted molar refractivity (Wildman–Crippen MR) is 114 cm³/mol. The standard InChI is InChI=1S/C23H36N2O4/c1-15(2)14-18(24-20(26)17-12-10-9-11-13-17)21(27)25(8)19(16(3)4)22(28)29-23(5,6)7/h9-13,15-16,18-19H,14H2,1-8H3,(H,24,26)/t18-,19+/m1/s1. The van der Waals surface area contributed by atoms with Crippen molar-refractivity contribution in [3.8, 4) is 0 Å². The number of carbonyl (C=O) groups excluding carboxylic acids is 3. The zero-order valence-corrected chi connectivity index (χ0v) is 19.0. The largest absolute Gasteiger partial charge is 0.458 e. The van der Waals surface area contributed by atoms with Crippen LogP contribution in [0.1, 0.15) is 65.2 Å². The van der Waals surface area contributed by atoms with E-state index < -0.39 is 23.7 Å². The van der Waals surface area contributed by atoms with Crippen molar-refractivity contribution in [2.75, 3.05) is 7.05 Å². The van der Waals surface area contributed by atoms with E-state index in [0.717, 1.165) is 0 Å². The van der Waals surface area contributed by atoms with Gasteiger partial charge in [0, 0.05) is 12.6 Å². The Bertz CT molecular complexity index is 693. The lowest BCUT2D eigenvalue weighted by molar-refractivity contribution is -0.166. The summed E-state index contributed by atoms with van der Waals surface area (Å²) in [6.07, 6.45) is 0.473. The molecule has 0 fully saturated rings. The normalized spacial score (nSPS) is 13.7. The minimum absolute atomic E-state index is 0.136. The van der Waals surface area contributed by atoms with Crippen LogP contribution in [-0.4, -0.2) is 47.4 Å². The molecule has 0 aromatic heterocycles. The maximum atomic E-state index is 13.3. The van der Waals surface area contributed by atoms with Crippen molar-refractivity contribution in [2.45, 2.75) is 72.6 Å². The van der Waals surface area contributed by atoms with Gasteiger partial charge in [0.15, 0.2) is 0 Å². The zero-order valence-electron chi connectivity index (χ0n) is 19.0. The van der Waals surface area contributed by atoms with Crippen LogP contribution in [0, 0.1) is 11.8 Å². The number of hydrogen-bond donors (Lipinski definition) is 1. The predicted octanol–water partition coefficient (Wildman–Crippen LogP) is 3.66. The molecule has 0 spiro atoms. The van der Waals surface area contributed by atoms with Crippen LogP contribution in [0.2, 0.25) is 0 Å². The van der Waals surface area contributed by atoms with E-state index in [4.69, 9.17) is 4.74 Å². The molecule has 0 saturated heterocycles. The van der Waals surface area contributed by atoms with E-state index in [9.17, 15) is 14.4 Å². The van der Waals surface area contributed by atoms with Crippen molar-refractivity contribution in [3.63, 3.8) is 0 Å². The second kappa shape index (κ2) is 10.4. The Morgan fingerprint density at radius 1 is 1.03 bits per heavy atom. The van der Waals surface area contributed by atoms with Crippen LogP contribution in [0.3, 0.4) is 0 Å². The highest BCUT2D eigenvalue weighted by Gasteiger charge is 2.36. The van der Waals surface area contributed by atoms with Gasteiger partial charge < -0.3 is 15.0 Å². The monoisotopic (exact) mass is 404 g/mol. The molecule has 0 radical (unpaired) electrons. The first-order chi connectivity index (χ1) is 13.3. The van der Waals surface area contributed by atoms with Gasteiger partial charge in [-0.25, -0.2) is 4.79 Å². The number of esters is 1. The zero-order chi connectivity index (χ0) is 22.4. The highest BCUT2D eigenvalue weighted by Crippen LogP contribution is 2.19. The van der Waals surface area contributed by atoms with Crippen LogP contribution in [0.25, 0.3) is 0 Å². The highest BCUT2D eigenvalue weighted by atomic mass is 16.6. The summed E-state index contributed by atoms with van der Waals surface area (Å²) in [5.41, 5.74) is -0.156. The van der Waals surface area contributed by atoms with Gasteiger partial charge in [-0.1, -0.05) is 45.9 Å². The van der Waals surface area contributed by atoms with Crippen LogP contribution < -0.4 is 5.32 Å². The van der Waals surface area contributed by atoms with E-state index in [1.165, 1.54) is 4.90 Å². The third kappa shape index (κ3) is 7.87. The molecule has 1 N–H and O–H groups in total. The first-order valence-corrected chi connectivity index (χ1v) is 10.2. The summed E-state index contributed by atoms with van der Waals surface area (Å²) < 4.78 is 5.52. The Kier molecular flexibility index (Phi) is 8.86. The SMILES string of the molecule is CC(C)C[C@@H](NC(=O)c1ccccc1)C(=O)N(C)[C@H](C(=O)OC(C)(C)C)C(C)C. The number of carbonyl (C=O) groups is 3. The molecule has 0 aliphatic carbocycles. The number of amides is 2. The van der Waals surface area contributed by atoms with Crippen LogP contribution in [-0.2, 0) is 14.3 Å². The molecule has 1 rings (SSSR count). The number of likely N-dealkylation sites (N-methyl/N-ethyl adjacent to an activating group) is 1. The summed E-state index contributed by atoms with van der Waals surface area (Å²) in [7, 11) is 1.60. The van der Waals surface area contributed by atoms with Gasteiger partial charge in [-0.15, -0.1) is 0 Å². The molecule has 6 nitrogen and oxygen atoms in total. The van der Waals surface area contributed by atoms with E-state index in [1.54, 1.807) is 52.1 Å². The topological polar surface area (TPSA) is 75.7 Å². The van der Waals surface area contributed by atoms with Gasteiger partial charge in [-0.05, 0) is 51.2 Å². The first kappa shape index (κ1) is 24.7. The maximum Gasteiger partial charge on any atom is 0.329 e. The lowest BCUT2D eigenvalue weighted by Crippen LogP contribution is -2.55. The third-order valence-corrected chi connectivity index (χ3v) is 4.39. The van der Waals surface area contributed by atoms with Crippen molar-refractivity contribution in [1.29, 1.82) is 0 Å². The molecule has 1 aromatic carbocycles. The first-order valence-electron chi connectivity index (χ1n) is 10.2. The summed E-state index contributed by atoms with van der Waals surface area (Å²) in [6, 6.07) is 7.33. The Morgan fingerprint density at radius 2 is 1.59 bits per heavy atom. The smallest absolute Gasteiger partial charge is 0.329 e. The molecular formula is C23H36N2O4. The molecule has 6 heteroatoms. The van der Waals surface area contributed by atoms with Gasteiger partial charge in [0.05, 0.1) is 0 Å². The number of benzene rings is 1. The molecule has 0 saturated carbocycles. The second-order valence-electron chi connectivity index (χ2n) is 9.19. The number of nitrogens with zero attached hydrogens (tertiary/aromatic N) is 1. The molecule has 0 aliphatic rings. The highest BCUT2D eigenvalue weighted by molar-refractivity contribution is 5.98. The molecular weight excluding hydrogens is 368 g/mol. The summed E-state index contributed by atoms with van der Waals surface area (Å²) >= 11 is 0. The lowest BCUT2D eigenvalue weighted by atomic mass is 9.98. The molecule has 0 aliphatic heterocycles. The van der Waals surface area contributed by atoms with Gasteiger partial charge in [0.1, 0.15) is 17.7 Å². The number of hydrogen-bond acceptors (Lipinski definition) is 4. The van der Waals surface area contributed by atoms with E-state index in [0.29, 0.717) is 12.0 Å². The van der Waals surface area contributed by atoms with E-state index in [1.807, 2.05) is 33.8 Å². The van der Waals surface area contributed by atoms with Crippen molar-refractivity contribution in [1.82, 2.24) is 10.2 Å². The summed E-state index contributed by atoms with van der Waals surface area (Å²) in [5.74, 6) is -0.999. The average molecular weight is 405 g/mol. The molecule has 2 amide bonds. The number of ether oxygens (including phenoxy) is 1. The molecule has 2 atom stereocenters. The van der Waals surface area contributed by atoms with Crippen molar-refractivity contribution in [3.05, 3.63) is 35.9 Å². The molecule has 29 heavy (non-hydrogen) atoms. The van der Waals surface area contributed by atoms with Crippen LogP contribution >= 0.6 is 0 Å². The summed E-state index contributed by atoms with van der Waals surface area (Å²) in [4.78, 5) is 40.0. The van der Waals surface area contributed by atoms with Crippen molar-refractivity contribution in [2.24, 2.45) is 11.8 Å². The molecule has 162 valence electrons. The van der Waals surface area contributed by atoms with E-state index >= 15 is 0 Å². The van der Waals surface area contributed by atoms with Gasteiger partial charge in [0.25, 0.3) is 5.91 Å². The van der Waals surface area contributed by atoms with Gasteiger partial charge in [-0.3, -0.25) is 9.59 Å². The fourth-order valence-corrected chi connectivity index (χ4v) is 3.15. The molecule has 0 unspecified atom stereocenters. The Balaban J connectivity index is 3.06. The van der Waals surface area contributed by atoms with Crippen molar-refractivity contribution >= 4 is 17.8 Å². The molecule has 0 heterocycles. The average Bonchev–Trinajstić information content (AvgIpc) is 2.58. The summed E-state index contributed by atoms with van der Waals surface area (Å²) in [5, 5.41) is 2.84. The number of nitrogens with one attached hydrogen (secondary N) is 1. The van der Waals surface area contributed by atoms with Crippen LogP contribution in [0.15, 0.2) is 30.3 Å². The Morgan fingerprint density at radius 3 is 2.03 bits per heavy atom. The minimum Gasteiger partial charge on any atom is -0.458 e. The van der Waals surface area contributed by atoms with Crippen LogP contribution in [0.4, 0.5) is 0 Å². The minimum atomic E-state index is -0.731. The molecule has 0 bridgehead atoms. The van der Waals surface area contributed by atoms with E-state index in [2.05, 4.69) is 5.32 Å². The molecule has 1 aromatic rings. The van der Waals surface area contributed by atoms with Crippen molar-refractivity contribution < 1.29 is 19.1 Å². The lowest BCUT2D eigenvalue weighted by Gasteiger charge is -2.34. The number of rotatable bonds is 8. The second-order valence-corrected chi connectivity index (χ2v) is 9.19. The third-order valence-electron chi connectivity index (χ3n) is 4.39. The Labute approximate surface area is 175 Å². The van der Waals surface area contributed by atoms with Crippen LogP contribution in [0.5, 0.6) is 0 Å². The maximum absolute atomic E-state index is 13.3.